The summed E-state index contributed by atoms with van der Waals surface area (Å²) < 4.78 is 10.8. The fraction of sp³-hybridized carbons (Fsp3) is 0.500. The molecule has 0 bridgehead atoms. The first kappa shape index (κ1) is 13.1. The van der Waals surface area contributed by atoms with Crippen LogP contribution >= 0.6 is 0 Å². The summed E-state index contributed by atoms with van der Waals surface area (Å²) in [5.74, 6) is -0.397. The molecule has 2 rings (SSSR count). The zero-order valence-corrected chi connectivity index (χ0v) is 10.2. The molecule has 0 atom stereocenters. The summed E-state index contributed by atoms with van der Waals surface area (Å²) in [5.41, 5.74) is 1.18. The number of hydrogen-bond donors (Lipinski definition) is 1. The molecule has 0 spiro atoms. The molecule has 0 aliphatic heterocycles. The monoisotopic (exact) mass is 250 g/mol. The number of aliphatic carboxylic acids is 1. The van der Waals surface area contributed by atoms with Gasteiger partial charge >= 0.3 is 5.97 Å². The molecule has 1 aliphatic rings. The summed E-state index contributed by atoms with van der Waals surface area (Å²) in [7, 11) is 0. The number of rotatable bonds is 7. The highest BCUT2D eigenvalue weighted by atomic mass is 16.5. The predicted octanol–water partition coefficient (Wildman–Crippen LogP) is 2.08. The van der Waals surface area contributed by atoms with E-state index < -0.39 is 5.97 Å². The molecule has 0 radical (unpaired) electrons. The molecular formula is C14H18O4. The highest BCUT2D eigenvalue weighted by Gasteiger charge is 2.30. The lowest BCUT2D eigenvalue weighted by Gasteiger charge is -2.34. The SMILES string of the molecule is O=C(O)COC1CC(COCc2ccccc2)C1. The van der Waals surface area contributed by atoms with Crippen molar-refractivity contribution in [2.75, 3.05) is 13.2 Å². The average Bonchev–Trinajstić information content (AvgIpc) is 2.32. The molecule has 0 saturated heterocycles. The van der Waals surface area contributed by atoms with Crippen LogP contribution in [0, 0.1) is 5.92 Å². The quantitative estimate of drug-likeness (QED) is 0.805. The zero-order chi connectivity index (χ0) is 12.8. The van der Waals surface area contributed by atoms with Gasteiger partial charge in [0.05, 0.1) is 19.3 Å². The molecule has 0 aromatic heterocycles. The van der Waals surface area contributed by atoms with E-state index in [-0.39, 0.29) is 12.7 Å². The summed E-state index contributed by atoms with van der Waals surface area (Å²) >= 11 is 0. The summed E-state index contributed by atoms with van der Waals surface area (Å²) in [6, 6.07) is 10.1. The topological polar surface area (TPSA) is 55.8 Å². The average molecular weight is 250 g/mol. The predicted molar refractivity (Wildman–Crippen MR) is 66.2 cm³/mol. The lowest BCUT2D eigenvalue weighted by atomic mass is 9.83. The van der Waals surface area contributed by atoms with Gasteiger partial charge in [0.1, 0.15) is 6.61 Å². The van der Waals surface area contributed by atoms with Gasteiger partial charge in [-0.25, -0.2) is 4.79 Å². The van der Waals surface area contributed by atoms with Crippen molar-refractivity contribution < 1.29 is 19.4 Å². The van der Waals surface area contributed by atoms with Crippen molar-refractivity contribution in [1.82, 2.24) is 0 Å². The Labute approximate surface area is 107 Å². The molecule has 1 N–H and O–H groups in total. The highest BCUT2D eigenvalue weighted by Crippen LogP contribution is 2.30. The van der Waals surface area contributed by atoms with Gasteiger partial charge in [-0.3, -0.25) is 0 Å². The number of carboxylic acids is 1. The Morgan fingerprint density at radius 2 is 2.00 bits per heavy atom. The number of hydrogen-bond acceptors (Lipinski definition) is 3. The van der Waals surface area contributed by atoms with Gasteiger partial charge in [0.2, 0.25) is 0 Å². The Kier molecular flexibility index (Phi) is 4.73. The van der Waals surface area contributed by atoms with E-state index in [1.807, 2.05) is 30.3 Å². The van der Waals surface area contributed by atoms with E-state index in [4.69, 9.17) is 14.6 Å². The van der Waals surface area contributed by atoms with Crippen LogP contribution in [0.5, 0.6) is 0 Å². The zero-order valence-electron chi connectivity index (χ0n) is 10.2. The standard InChI is InChI=1S/C14H18O4/c15-14(16)10-18-13-6-12(7-13)9-17-8-11-4-2-1-3-5-11/h1-5,12-13H,6-10H2,(H,15,16). The van der Waals surface area contributed by atoms with Gasteiger partial charge in [0.25, 0.3) is 0 Å². The van der Waals surface area contributed by atoms with Crippen molar-refractivity contribution >= 4 is 5.97 Å². The fourth-order valence-electron chi connectivity index (χ4n) is 2.05. The van der Waals surface area contributed by atoms with Crippen molar-refractivity contribution in [2.45, 2.75) is 25.6 Å². The van der Waals surface area contributed by atoms with Crippen LogP contribution in [0.25, 0.3) is 0 Å². The minimum absolute atomic E-state index is 0.103. The molecule has 98 valence electrons. The second-order valence-electron chi connectivity index (χ2n) is 4.66. The molecular weight excluding hydrogens is 232 g/mol. The first-order chi connectivity index (χ1) is 8.74. The summed E-state index contributed by atoms with van der Waals surface area (Å²) in [5, 5.41) is 8.47. The van der Waals surface area contributed by atoms with Gasteiger partial charge in [-0.2, -0.15) is 0 Å². The van der Waals surface area contributed by atoms with Gasteiger partial charge in [-0.05, 0) is 24.3 Å². The second-order valence-corrected chi connectivity index (χ2v) is 4.66. The molecule has 0 unspecified atom stereocenters. The van der Waals surface area contributed by atoms with Crippen molar-refractivity contribution in [3.05, 3.63) is 35.9 Å². The Morgan fingerprint density at radius 1 is 1.28 bits per heavy atom. The molecule has 1 saturated carbocycles. The van der Waals surface area contributed by atoms with E-state index in [9.17, 15) is 4.79 Å². The minimum Gasteiger partial charge on any atom is -0.480 e. The van der Waals surface area contributed by atoms with Crippen LogP contribution in [0.2, 0.25) is 0 Å². The van der Waals surface area contributed by atoms with Crippen molar-refractivity contribution in [3.63, 3.8) is 0 Å². The smallest absolute Gasteiger partial charge is 0.329 e. The van der Waals surface area contributed by atoms with Gasteiger partial charge in [-0.1, -0.05) is 30.3 Å². The van der Waals surface area contributed by atoms with E-state index in [0.29, 0.717) is 12.5 Å². The maximum Gasteiger partial charge on any atom is 0.329 e. The van der Waals surface area contributed by atoms with E-state index in [0.717, 1.165) is 19.4 Å². The molecule has 1 aromatic rings. The molecule has 4 heteroatoms. The maximum atomic E-state index is 10.3. The lowest BCUT2D eigenvalue weighted by Crippen LogP contribution is -2.35. The van der Waals surface area contributed by atoms with Crippen LogP contribution < -0.4 is 0 Å². The third-order valence-electron chi connectivity index (χ3n) is 3.10. The van der Waals surface area contributed by atoms with Gasteiger partial charge in [0, 0.05) is 0 Å². The van der Waals surface area contributed by atoms with Gasteiger partial charge < -0.3 is 14.6 Å². The number of ether oxygens (including phenoxy) is 2. The van der Waals surface area contributed by atoms with Crippen molar-refractivity contribution in [1.29, 1.82) is 0 Å². The largest absolute Gasteiger partial charge is 0.480 e. The van der Waals surface area contributed by atoms with Crippen LogP contribution in [0.3, 0.4) is 0 Å². The van der Waals surface area contributed by atoms with Crippen molar-refractivity contribution in [2.24, 2.45) is 5.92 Å². The highest BCUT2D eigenvalue weighted by molar-refractivity contribution is 5.68. The maximum absolute atomic E-state index is 10.3. The first-order valence-corrected chi connectivity index (χ1v) is 6.19. The summed E-state index contributed by atoms with van der Waals surface area (Å²) in [6.45, 7) is 1.17. The summed E-state index contributed by atoms with van der Waals surface area (Å²) in [4.78, 5) is 10.3. The third kappa shape index (κ3) is 4.13. The van der Waals surface area contributed by atoms with E-state index >= 15 is 0 Å². The van der Waals surface area contributed by atoms with Crippen LogP contribution in [0.1, 0.15) is 18.4 Å². The van der Waals surface area contributed by atoms with Crippen LogP contribution in [-0.4, -0.2) is 30.4 Å². The minimum atomic E-state index is -0.904. The van der Waals surface area contributed by atoms with Crippen LogP contribution in [-0.2, 0) is 20.9 Å². The molecule has 4 nitrogen and oxygen atoms in total. The van der Waals surface area contributed by atoms with Gasteiger partial charge in [0.15, 0.2) is 0 Å². The molecule has 0 heterocycles. The van der Waals surface area contributed by atoms with E-state index in [1.165, 1.54) is 5.56 Å². The van der Waals surface area contributed by atoms with E-state index in [2.05, 4.69) is 0 Å². The number of carboxylic acid groups (broad SMARTS) is 1. The Balaban J connectivity index is 1.54. The Bertz CT molecular complexity index is 371. The second kappa shape index (κ2) is 6.52. The molecule has 1 aliphatic carbocycles. The lowest BCUT2D eigenvalue weighted by molar-refractivity contribution is -0.148. The number of benzene rings is 1. The number of carbonyl (C=O) groups is 1. The van der Waals surface area contributed by atoms with Crippen LogP contribution in [0.4, 0.5) is 0 Å². The van der Waals surface area contributed by atoms with Crippen molar-refractivity contribution in [3.8, 4) is 0 Å². The Hall–Kier alpha value is -1.39. The van der Waals surface area contributed by atoms with Crippen LogP contribution in [0.15, 0.2) is 30.3 Å². The van der Waals surface area contributed by atoms with E-state index in [1.54, 1.807) is 0 Å². The Morgan fingerprint density at radius 3 is 2.67 bits per heavy atom. The molecule has 1 fully saturated rings. The van der Waals surface area contributed by atoms with Gasteiger partial charge in [-0.15, -0.1) is 0 Å². The molecule has 18 heavy (non-hydrogen) atoms. The molecule has 1 aromatic carbocycles. The normalized spacial score (nSPS) is 22.4. The molecule has 0 amide bonds. The first-order valence-electron chi connectivity index (χ1n) is 6.19. The fourth-order valence-corrected chi connectivity index (χ4v) is 2.05. The third-order valence-corrected chi connectivity index (χ3v) is 3.10. The summed E-state index contributed by atoms with van der Waals surface area (Å²) in [6.07, 6.45) is 1.91.